The van der Waals surface area contributed by atoms with Gasteiger partial charge in [0.1, 0.15) is 0 Å². The van der Waals surface area contributed by atoms with Gasteiger partial charge in [-0.25, -0.2) is 0 Å². The standard InChI is InChI=1S/C11H12BrNO/c12-10-6-2-1-3-4(6)9-8(10)5(2)7(3)11(9)13-14/h2-10,14H,1H2/b13-11-/t2-,3+,4+,5+,6-,7-,8-,9+,10+/m0/s1. The second-order valence-electron chi connectivity index (χ2n) is 5.89. The molecule has 0 heterocycles. The molecule has 1 N–H and O–H groups in total. The first-order valence-electron chi connectivity index (χ1n) is 5.70. The Balaban J connectivity index is 1.85. The molecule has 14 heavy (non-hydrogen) atoms. The maximum atomic E-state index is 9.14. The van der Waals surface area contributed by atoms with E-state index in [4.69, 9.17) is 5.21 Å². The third-order valence-electron chi connectivity index (χ3n) is 6.16. The topological polar surface area (TPSA) is 32.6 Å². The fourth-order valence-electron chi connectivity index (χ4n) is 6.36. The van der Waals surface area contributed by atoms with Crippen molar-refractivity contribution in [1.29, 1.82) is 0 Å². The first-order valence-corrected chi connectivity index (χ1v) is 6.62. The highest BCUT2D eigenvalue weighted by atomic mass is 79.9. The van der Waals surface area contributed by atoms with Crippen LogP contribution in [-0.2, 0) is 0 Å². The van der Waals surface area contributed by atoms with Crippen LogP contribution in [0.3, 0.4) is 0 Å². The second-order valence-corrected chi connectivity index (χ2v) is 6.95. The third kappa shape index (κ3) is 0.427. The number of alkyl halides is 1. The van der Waals surface area contributed by atoms with Gasteiger partial charge in [0.15, 0.2) is 0 Å². The molecule has 6 aliphatic carbocycles. The Morgan fingerprint density at radius 3 is 2.57 bits per heavy atom. The molecule has 9 atom stereocenters. The summed E-state index contributed by atoms with van der Waals surface area (Å²) >= 11 is 3.91. The van der Waals surface area contributed by atoms with E-state index in [0.717, 1.165) is 40.3 Å². The lowest BCUT2D eigenvalue weighted by Crippen LogP contribution is -2.30. The van der Waals surface area contributed by atoms with Gasteiger partial charge < -0.3 is 5.21 Å². The molecule has 6 fully saturated rings. The van der Waals surface area contributed by atoms with Crippen LogP contribution in [0.2, 0.25) is 0 Å². The lowest BCUT2D eigenvalue weighted by Gasteiger charge is -2.32. The molecule has 74 valence electrons. The van der Waals surface area contributed by atoms with Crippen LogP contribution >= 0.6 is 15.9 Å². The molecular weight excluding hydrogens is 242 g/mol. The molecule has 6 rings (SSSR count). The molecule has 2 nitrogen and oxygen atoms in total. The van der Waals surface area contributed by atoms with Gasteiger partial charge >= 0.3 is 0 Å². The molecule has 3 heteroatoms. The van der Waals surface area contributed by atoms with E-state index < -0.39 is 0 Å². The van der Waals surface area contributed by atoms with E-state index >= 15 is 0 Å². The predicted octanol–water partition coefficient (Wildman–Crippen LogP) is 1.97. The number of halogens is 1. The highest BCUT2D eigenvalue weighted by molar-refractivity contribution is 9.09. The van der Waals surface area contributed by atoms with Crippen molar-refractivity contribution >= 4 is 21.6 Å². The van der Waals surface area contributed by atoms with E-state index in [-0.39, 0.29) is 0 Å². The second kappa shape index (κ2) is 1.81. The van der Waals surface area contributed by atoms with Crippen LogP contribution in [0.15, 0.2) is 5.16 Å². The first-order chi connectivity index (χ1) is 6.84. The van der Waals surface area contributed by atoms with E-state index in [0.29, 0.717) is 11.8 Å². The van der Waals surface area contributed by atoms with E-state index in [1.54, 1.807) is 0 Å². The zero-order chi connectivity index (χ0) is 9.19. The van der Waals surface area contributed by atoms with E-state index in [1.807, 2.05) is 0 Å². The van der Waals surface area contributed by atoms with Crippen molar-refractivity contribution in [3.05, 3.63) is 0 Å². The van der Waals surface area contributed by atoms with Crippen LogP contribution in [-0.4, -0.2) is 15.7 Å². The third-order valence-corrected chi connectivity index (χ3v) is 7.38. The molecule has 6 saturated carbocycles. The Hall–Kier alpha value is -0.0500. The zero-order valence-corrected chi connectivity index (χ0v) is 9.26. The fourth-order valence-corrected chi connectivity index (χ4v) is 7.79. The minimum Gasteiger partial charge on any atom is -0.411 e. The summed E-state index contributed by atoms with van der Waals surface area (Å²) in [6, 6.07) is 0. The van der Waals surface area contributed by atoms with Crippen LogP contribution in [0, 0.1) is 47.3 Å². The van der Waals surface area contributed by atoms with Crippen molar-refractivity contribution in [3.8, 4) is 0 Å². The maximum Gasteiger partial charge on any atom is 0.0644 e. The largest absolute Gasteiger partial charge is 0.411 e. The average Bonchev–Trinajstić information content (AvgIpc) is 2.85. The molecule has 0 amide bonds. The maximum absolute atomic E-state index is 9.14. The van der Waals surface area contributed by atoms with E-state index in [2.05, 4.69) is 21.1 Å². The van der Waals surface area contributed by atoms with Crippen molar-refractivity contribution in [2.45, 2.75) is 11.2 Å². The number of hydrogen-bond acceptors (Lipinski definition) is 2. The van der Waals surface area contributed by atoms with Gasteiger partial charge in [-0.1, -0.05) is 21.1 Å². The van der Waals surface area contributed by atoms with Gasteiger partial charge in [0.25, 0.3) is 0 Å². The van der Waals surface area contributed by atoms with Gasteiger partial charge in [-0.05, 0) is 41.9 Å². The summed E-state index contributed by atoms with van der Waals surface area (Å²) in [6.07, 6.45) is 1.44. The summed E-state index contributed by atoms with van der Waals surface area (Å²) in [5, 5.41) is 12.8. The summed E-state index contributed by atoms with van der Waals surface area (Å²) < 4.78 is 0. The molecule has 0 spiro atoms. The molecule has 0 unspecified atom stereocenters. The monoisotopic (exact) mass is 253 g/mol. The summed E-state index contributed by atoms with van der Waals surface area (Å²) in [7, 11) is 0. The van der Waals surface area contributed by atoms with Gasteiger partial charge in [0.05, 0.1) is 5.71 Å². The number of hydrogen-bond donors (Lipinski definition) is 1. The summed E-state index contributed by atoms with van der Waals surface area (Å²) in [4.78, 5) is 0.752. The molecule has 0 aliphatic heterocycles. The first kappa shape index (κ1) is 7.26. The summed E-state index contributed by atoms with van der Waals surface area (Å²) in [6.45, 7) is 0. The van der Waals surface area contributed by atoms with Crippen LogP contribution in [0.5, 0.6) is 0 Å². The van der Waals surface area contributed by atoms with Gasteiger partial charge in [-0.15, -0.1) is 0 Å². The molecule has 0 saturated heterocycles. The molecule has 0 aromatic heterocycles. The quantitative estimate of drug-likeness (QED) is 0.400. The van der Waals surface area contributed by atoms with Crippen LogP contribution < -0.4 is 0 Å². The minimum atomic E-state index is 0.674. The highest BCUT2D eigenvalue weighted by Gasteiger charge is 2.82. The Kier molecular flexibility index (Phi) is 0.940. The fraction of sp³-hybridized carbons (Fsp3) is 0.909. The van der Waals surface area contributed by atoms with Gasteiger partial charge in [-0.3, -0.25) is 0 Å². The average molecular weight is 254 g/mol. The van der Waals surface area contributed by atoms with Crippen LogP contribution in [0.1, 0.15) is 6.42 Å². The lowest BCUT2D eigenvalue weighted by molar-refractivity contribution is 0.132. The van der Waals surface area contributed by atoms with Gasteiger partial charge in [0, 0.05) is 16.7 Å². The number of nitrogens with zero attached hydrogens (tertiary/aromatic N) is 1. The molecular formula is C11H12BrNO. The van der Waals surface area contributed by atoms with Crippen molar-refractivity contribution in [1.82, 2.24) is 0 Å². The Morgan fingerprint density at radius 2 is 1.86 bits per heavy atom. The van der Waals surface area contributed by atoms with Crippen LogP contribution in [0.25, 0.3) is 0 Å². The summed E-state index contributed by atoms with van der Waals surface area (Å²) in [5.74, 6) is 6.84. The predicted molar refractivity (Wildman–Crippen MR) is 54.5 cm³/mol. The van der Waals surface area contributed by atoms with Crippen molar-refractivity contribution in [2.75, 3.05) is 0 Å². The SMILES string of the molecule is O/N=C1/[C@H]2[C@@H]3C[C@H]4[C@H]2[C@@H]2[C@H](Br)[C@@H]4[C@@H]3[C@@H]12. The molecule has 6 aliphatic rings. The Morgan fingerprint density at radius 1 is 1.07 bits per heavy atom. The van der Waals surface area contributed by atoms with Gasteiger partial charge in [0.2, 0.25) is 0 Å². The van der Waals surface area contributed by atoms with E-state index in [1.165, 1.54) is 12.1 Å². The van der Waals surface area contributed by atoms with Crippen LogP contribution in [0.4, 0.5) is 0 Å². The minimum absolute atomic E-state index is 0.674. The highest BCUT2D eigenvalue weighted by Crippen LogP contribution is 2.82. The Bertz CT molecular complexity index is 379. The normalized spacial score (nSPS) is 77.8. The summed E-state index contributed by atoms with van der Waals surface area (Å²) in [5.41, 5.74) is 1.20. The van der Waals surface area contributed by atoms with Crippen molar-refractivity contribution in [3.63, 3.8) is 0 Å². The number of rotatable bonds is 0. The van der Waals surface area contributed by atoms with E-state index in [9.17, 15) is 0 Å². The Labute approximate surface area is 90.9 Å². The molecule has 6 bridgehead atoms. The number of oxime groups is 1. The lowest BCUT2D eigenvalue weighted by atomic mass is 9.71. The van der Waals surface area contributed by atoms with Crippen molar-refractivity contribution < 1.29 is 5.21 Å². The zero-order valence-electron chi connectivity index (χ0n) is 7.68. The van der Waals surface area contributed by atoms with Crippen molar-refractivity contribution in [2.24, 2.45) is 52.5 Å². The molecule has 0 radical (unpaired) electrons. The molecule has 0 aromatic rings. The smallest absolute Gasteiger partial charge is 0.0644 e. The molecule has 0 aromatic carbocycles. The van der Waals surface area contributed by atoms with Gasteiger partial charge in [-0.2, -0.15) is 0 Å².